The molecular formula is C28H28Cl3FN4O4. The molecule has 12 heteroatoms. The van der Waals surface area contributed by atoms with Gasteiger partial charge in [0, 0.05) is 48.0 Å². The number of rotatable bonds is 7. The zero-order chi connectivity index (χ0) is 29.2. The van der Waals surface area contributed by atoms with E-state index in [1.807, 2.05) is 0 Å². The molecule has 40 heavy (non-hydrogen) atoms. The van der Waals surface area contributed by atoms with Crippen LogP contribution in [0.15, 0.2) is 36.5 Å². The fourth-order valence-electron chi connectivity index (χ4n) is 4.33. The first-order chi connectivity index (χ1) is 18.9. The van der Waals surface area contributed by atoms with Gasteiger partial charge in [-0.25, -0.2) is 19.2 Å². The number of hydrogen-bond donors (Lipinski definition) is 1. The van der Waals surface area contributed by atoms with Crippen molar-refractivity contribution in [3.05, 3.63) is 63.1 Å². The lowest BCUT2D eigenvalue weighted by atomic mass is 10.0. The largest absolute Gasteiger partial charge is 0.481 e. The van der Waals surface area contributed by atoms with Crippen LogP contribution in [0.4, 0.5) is 9.18 Å². The third-order valence-electron chi connectivity index (χ3n) is 6.16. The Bertz CT molecular complexity index is 1450. The number of hydrogen-bond acceptors (Lipinski definition) is 6. The van der Waals surface area contributed by atoms with Gasteiger partial charge in [0.25, 0.3) is 0 Å². The van der Waals surface area contributed by atoms with E-state index in [-0.39, 0.29) is 57.4 Å². The summed E-state index contributed by atoms with van der Waals surface area (Å²) in [6.45, 7) is 5.16. The Morgan fingerprint density at radius 3 is 2.50 bits per heavy atom. The molecule has 1 atom stereocenters. The lowest BCUT2D eigenvalue weighted by Gasteiger charge is -2.29. The molecule has 4 rings (SSSR count). The highest BCUT2D eigenvalue weighted by Crippen LogP contribution is 2.41. The normalized spacial score (nSPS) is 15.1. The molecule has 2 aromatic heterocycles. The SMILES string of the molecule is COc1nc(-c2cccc(-c3ccnc(Cl)c3Cl)c2Cl)cc(F)c1CN(C[C@@H]1CCC(=O)N1)C(=O)OC(C)(C)C. The predicted molar refractivity (Wildman–Crippen MR) is 152 cm³/mol. The Hall–Kier alpha value is -3.14. The van der Waals surface area contributed by atoms with Crippen LogP contribution in [-0.2, 0) is 16.1 Å². The number of nitrogens with one attached hydrogen (secondary N) is 1. The molecule has 2 amide bonds. The van der Waals surface area contributed by atoms with E-state index in [9.17, 15) is 9.59 Å². The van der Waals surface area contributed by atoms with Gasteiger partial charge in [0.2, 0.25) is 11.8 Å². The van der Waals surface area contributed by atoms with Crippen molar-refractivity contribution >= 4 is 46.8 Å². The first-order valence-electron chi connectivity index (χ1n) is 12.5. The van der Waals surface area contributed by atoms with Crippen LogP contribution in [0.3, 0.4) is 0 Å². The molecule has 1 aliphatic rings. The van der Waals surface area contributed by atoms with E-state index in [0.717, 1.165) is 0 Å². The summed E-state index contributed by atoms with van der Waals surface area (Å²) in [7, 11) is 1.36. The minimum absolute atomic E-state index is 0.0227. The number of benzene rings is 1. The minimum atomic E-state index is -0.775. The second kappa shape index (κ2) is 12.2. The second-order valence-electron chi connectivity index (χ2n) is 10.3. The lowest BCUT2D eigenvalue weighted by Crippen LogP contribution is -2.44. The van der Waals surface area contributed by atoms with E-state index in [2.05, 4.69) is 15.3 Å². The van der Waals surface area contributed by atoms with Gasteiger partial charge in [-0.1, -0.05) is 53.0 Å². The Kier molecular flexibility index (Phi) is 9.07. The van der Waals surface area contributed by atoms with Gasteiger partial charge in [0.1, 0.15) is 16.6 Å². The van der Waals surface area contributed by atoms with Crippen molar-refractivity contribution in [2.75, 3.05) is 13.7 Å². The molecule has 8 nitrogen and oxygen atoms in total. The number of aromatic nitrogens is 2. The van der Waals surface area contributed by atoms with Gasteiger partial charge >= 0.3 is 6.09 Å². The van der Waals surface area contributed by atoms with Crippen LogP contribution in [0.25, 0.3) is 22.4 Å². The second-order valence-corrected chi connectivity index (χ2v) is 11.4. The summed E-state index contributed by atoms with van der Waals surface area (Å²) in [5.41, 5.74) is 1.05. The number of amides is 2. The quantitative estimate of drug-likeness (QED) is 0.292. The van der Waals surface area contributed by atoms with Gasteiger partial charge in [0.05, 0.1) is 35.0 Å². The molecule has 1 N–H and O–H groups in total. The van der Waals surface area contributed by atoms with E-state index in [0.29, 0.717) is 29.5 Å². The fraction of sp³-hybridized carbons (Fsp3) is 0.357. The van der Waals surface area contributed by atoms with Crippen molar-refractivity contribution in [3.8, 4) is 28.3 Å². The molecule has 1 fully saturated rings. The van der Waals surface area contributed by atoms with Crippen molar-refractivity contribution in [1.82, 2.24) is 20.2 Å². The first kappa shape index (κ1) is 29.8. The molecular weight excluding hydrogens is 582 g/mol. The molecule has 0 spiro atoms. The molecule has 1 saturated heterocycles. The maximum atomic E-state index is 15.7. The maximum Gasteiger partial charge on any atom is 0.410 e. The van der Waals surface area contributed by atoms with Crippen LogP contribution in [0.2, 0.25) is 15.2 Å². The van der Waals surface area contributed by atoms with Gasteiger partial charge in [-0.15, -0.1) is 0 Å². The van der Waals surface area contributed by atoms with Crippen LogP contribution in [-0.4, -0.2) is 52.2 Å². The smallest absolute Gasteiger partial charge is 0.410 e. The average Bonchev–Trinajstić information content (AvgIpc) is 3.30. The summed E-state index contributed by atoms with van der Waals surface area (Å²) >= 11 is 19.2. The van der Waals surface area contributed by atoms with Crippen molar-refractivity contribution in [2.45, 2.75) is 51.8 Å². The molecule has 3 heterocycles. The van der Waals surface area contributed by atoms with Crippen molar-refractivity contribution in [1.29, 1.82) is 0 Å². The van der Waals surface area contributed by atoms with Crippen LogP contribution >= 0.6 is 34.8 Å². The number of nitrogens with zero attached hydrogens (tertiary/aromatic N) is 3. The van der Waals surface area contributed by atoms with Gasteiger partial charge in [-0.05, 0) is 33.3 Å². The van der Waals surface area contributed by atoms with Crippen LogP contribution in [0, 0.1) is 5.82 Å². The van der Waals surface area contributed by atoms with Gasteiger partial charge in [-0.3, -0.25) is 4.79 Å². The summed E-state index contributed by atoms with van der Waals surface area (Å²) in [4.78, 5) is 34.6. The van der Waals surface area contributed by atoms with Crippen molar-refractivity contribution in [2.24, 2.45) is 0 Å². The monoisotopic (exact) mass is 608 g/mol. The average molecular weight is 610 g/mol. The predicted octanol–water partition coefficient (Wildman–Crippen LogP) is 6.93. The number of pyridine rings is 2. The Morgan fingerprint density at radius 2 is 1.85 bits per heavy atom. The molecule has 0 bridgehead atoms. The zero-order valence-corrected chi connectivity index (χ0v) is 24.6. The Morgan fingerprint density at radius 1 is 1.15 bits per heavy atom. The molecule has 0 unspecified atom stereocenters. The zero-order valence-electron chi connectivity index (χ0n) is 22.4. The summed E-state index contributed by atoms with van der Waals surface area (Å²) in [5.74, 6) is -0.777. The van der Waals surface area contributed by atoms with Gasteiger partial charge < -0.3 is 19.7 Å². The topological polar surface area (TPSA) is 93.7 Å². The summed E-state index contributed by atoms with van der Waals surface area (Å²) in [6.07, 6.45) is 1.77. The third-order valence-corrected chi connectivity index (χ3v) is 7.34. The fourth-order valence-corrected chi connectivity index (χ4v) is 5.03. The molecule has 0 saturated carbocycles. The molecule has 0 radical (unpaired) electrons. The highest BCUT2D eigenvalue weighted by molar-refractivity contribution is 6.43. The van der Waals surface area contributed by atoms with Gasteiger partial charge in [0.15, 0.2) is 0 Å². The van der Waals surface area contributed by atoms with E-state index in [4.69, 9.17) is 44.3 Å². The molecule has 1 aromatic carbocycles. The van der Waals surface area contributed by atoms with Crippen LogP contribution in [0.1, 0.15) is 39.2 Å². The number of carbonyl (C=O) groups is 2. The first-order valence-corrected chi connectivity index (χ1v) is 13.6. The highest BCUT2D eigenvalue weighted by Gasteiger charge is 2.30. The number of methoxy groups -OCH3 is 1. The Labute approximate surface area is 246 Å². The third kappa shape index (κ3) is 6.77. The van der Waals surface area contributed by atoms with Crippen LogP contribution in [0.5, 0.6) is 5.88 Å². The van der Waals surface area contributed by atoms with Gasteiger partial charge in [-0.2, -0.15) is 0 Å². The molecule has 1 aliphatic heterocycles. The van der Waals surface area contributed by atoms with E-state index >= 15 is 4.39 Å². The number of halogens is 4. The van der Waals surface area contributed by atoms with E-state index in [1.165, 1.54) is 24.3 Å². The van der Waals surface area contributed by atoms with Crippen molar-refractivity contribution in [3.63, 3.8) is 0 Å². The van der Waals surface area contributed by atoms with Crippen LogP contribution < -0.4 is 10.1 Å². The molecule has 212 valence electrons. The van der Waals surface area contributed by atoms with Crippen molar-refractivity contribution < 1.29 is 23.5 Å². The highest BCUT2D eigenvalue weighted by atomic mass is 35.5. The minimum Gasteiger partial charge on any atom is -0.481 e. The number of carbonyl (C=O) groups excluding carboxylic acids is 2. The summed E-state index contributed by atoms with van der Waals surface area (Å²) in [5, 5.41) is 3.47. The Balaban J connectivity index is 1.70. The van der Waals surface area contributed by atoms with E-state index < -0.39 is 17.5 Å². The molecule has 0 aliphatic carbocycles. The molecule has 3 aromatic rings. The number of ether oxygens (including phenoxy) is 2. The summed E-state index contributed by atoms with van der Waals surface area (Å²) in [6, 6.07) is 7.81. The summed E-state index contributed by atoms with van der Waals surface area (Å²) < 4.78 is 26.7. The lowest BCUT2D eigenvalue weighted by molar-refractivity contribution is -0.119. The maximum absolute atomic E-state index is 15.7. The standard InChI is InChI=1S/C28H28Cl3FN4O4/c1-28(2,3)40-27(38)36(13-15-8-9-22(37)34-15)14-19-20(32)12-21(35-26(19)39-4)18-7-5-6-16(23(18)29)17-10-11-33-25(31)24(17)30/h5-7,10-12,15H,8-9,13-14H2,1-4H3,(H,34,37)/t15-/m0/s1. The van der Waals surface area contributed by atoms with E-state index in [1.54, 1.807) is 45.0 Å².